The van der Waals surface area contributed by atoms with E-state index in [4.69, 9.17) is 0 Å². The summed E-state index contributed by atoms with van der Waals surface area (Å²) >= 11 is 1.59. The van der Waals surface area contributed by atoms with Crippen molar-refractivity contribution in [3.8, 4) is 10.6 Å². The van der Waals surface area contributed by atoms with E-state index in [-0.39, 0.29) is 11.6 Å². The Morgan fingerprint density at radius 2 is 2.07 bits per heavy atom. The summed E-state index contributed by atoms with van der Waals surface area (Å²) in [7, 11) is 0. The molecular weight excluding hydrogens is 373 g/mol. The van der Waals surface area contributed by atoms with Crippen LogP contribution in [0.2, 0.25) is 0 Å². The van der Waals surface area contributed by atoms with Crippen molar-refractivity contribution in [2.24, 2.45) is 0 Å². The van der Waals surface area contributed by atoms with Gasteiger partial charge in [0.1, 0.15) is 11.5 Å². The topological polar surface area (TPSA) is 47.3 Å². The van der Waals surface area contributed by atoms with Gasteiger partial charge in [-0.15, -0.1) is 17.9 Å². The Bertz CT molecular complexity index is 1250. The zero-order chi connectivity index (χ0) is 20.0. The minimum atomic E-state index is -0.251. The van der Waals surface area contributed by atoms with E-state index in [1.807, 2.05) is 20.8 Å². The number of carbonyl (C=O) groups is 1. The summed E-state index contributed by atoms with van der Waals surface area (Å²) < 4.78 is 16.5. The number of thiophene rings is 1. The fourth-order valence-electron chi connectivity index (χ4n) is 3.50. The molecule has 3 aromatic heterocycles. The van der Waals surface area contributed by atoms with Gasteiger partial charge in [0.2, 0.25) is 0 Å². The minimum Gasteiger partial charge on any atom is -0.294 e. The maximum atomic E-state index is 13.7. The first-order valence-corrected chi connectivity index (χ1v) is 9.92. The maximum absolute atomic E-state index is 13.7. The highest BCUT2D eigenvalue weighted by Crippen LogP contribution is 2.40. The zero-order valence-electron chi connectivity index (χ0n) is 16.0. The van der Waals surface area contributed by atoms with E-state index in [1.54, 1.807) is 40.1 Å². The van der Waals surface area contributed by atoms with Gasteiger partial charge in [0.05, 0.1) is 21.8 Å². The molecule has 0 aliphatic heterocycles. The summed E-state index contributed by atoms with van der Waals surface area (Å²) in [4.78, 5) is 18.4. The molecule has 6 heteroatoms. The Morgan fingerprint density at radius 3 is 2.82 bits per heavy atom. The molecule has 0 atom stereocenters. The van der Waals surface area contributed by atoms with Crippen molar-refractivity contribution < 1.29 is 9.18 Å². The molecule has 4 aromatic rings. The number of imidazole rings is 1. The maximum Gasteiger partial charge on any atom is 0.167 e. The summed E-state index contributed by atoms with van der Waals surface area (Å²) in [6.07, 6.45) is 2.76. The Morgan fingerprint density at radius 1 is 1.29 bits per heavy atom. The van der Waals surface area contributed by atoms with E-state index in [1.165, 1.54) is 6.07 Å². The van der Waals surface area contributed by atoms with Crippen LogP contribution in [-0.4, -0.2) is 20.4 Å². The molecule has 0 saturated heterocycles. The first-order valence-electron chi connectivity index (χ1n) is 9.10. The van der Waals surface area contributed by atoms with Crippen molar-refractivity contribution in [2.45, 2.75) is 33.6 Å². The standard InChI is InChI=1S/C22H20FN3OS/c1-5-6-7-18(27)17-10-12(2)25-26-20(14(4)24-22(17)26)21-13(3)16-11-15(23)8-9-19(16)28-21/h5,8-11H,1,6-7H2,2-4H3. The molecule has 0 N–H and O–H groups in total. The highest BCUT2D eigenvalue weighted by molar-refractivity contribution is 7.22. The molecule has 0 radical (unpaired) electrons. The molecule has 3 heterocycles. The summed E-state index contributed by atoms with van der Waals surface area (Å²) in [6.45, 7) is 9.46. The van der Waals surface area contributed by atoms with Crippen molar-refractivity contribution in [3.63, 3.8) is 0 Å². The number of Topliss-reactive ketones (excluding diaryl/α,β-unsaturated/α-hetero) is 1. The largest absolute Gasteiger partial charge is 0.294 e. The molecule has 4 nitrogen and oxygen atoms in total. The molecule has 0 amide bonds. The quantitative estimate of drug-likeness (QED) is 0.317. The molecule has 0 spiro atoms. The monoisotopic (exact) mass is 393 g/mol. The zero-order valence-corrected chi connectivity index (χ0v) is 16.9. The van der Waals surface area contributed by atoms with E-state index in [0.717, 1.165) is 37.6 Å². The fourth-order valence-corrected chi connectivity index (χ4v) is 4.77. The number of halogens is 1. The van der Waals surface area contributed by atoms with Crippen LogP contribution in [0.1, 0.15) is 40.2 Å². The third-order valence-corrected chi connectivity index (χ3v) is 6.15. The molecule has 4 rings (SSSR count). The minimum absolute atomic E-state index is 0.0297. The number of benzene rings is 1. The molecule has 0 fully saturated rings. The molecular formula is C22H20FN3OS. The average Bonchev–Trinajstić information content (AvgIpc) is 3.15. The molecule has 1 aromatic carbocycles. The lowest BCUT2D eigenvalue weighted by Gasteiger charge is -2.06. The molecule has 0 aliphatic carbocycles. The van der Waals surface area contributed by atoms with Crippen LogP contribution in [0.3, 0.4) is 0 Å². The lowest BCUT2D eigenvalue weighted by molar-refractivity contribution is 0.0984. The Hall–Kier alpha value is -2.86. The van der Waals surface area contributed by atoms with E-state index in [2.05, 4.69) is 16.7 Å². The number of carbonyl (C=O) groups excluding carboxylic acids is 1. The second-order valence-corrected chi connectivity index (χ2v) is 7.98. The van der Waals surface area contributed by atoms with Crippen LogP contribution in [-0.2, 0) is 0 Å². The van der Waals surface area contributed by atoms with Crippen molar-refractivity contribution in [3.05, 3.63) is 65.3 Å². The lowest BCUT2D eigenvalue weighted by Crippen LogP contribution is -2.06. The Labute approximate surface area is 166 Å². The fraction of sp³-hybridized carbons (Fsp3) is 0.227. The SMILES string of the molecule is C=CCCC(=O)c1cc(C)nn2c(-c3sc4ccc(F)cc4c3C)c(C)nc12. The Kier molecular flexibility index (Phi) is 4.59. The molecule has 142 valence electrons. The van der Waals surface area contributed by atoms with E-state index >= 15 is 0 Å². The third-order valence-electron chi connectivity index (χ3n) is 4.87. The first-order chi connectivity index (χ1) is 13.4. The molecule has 0 bridgehead atoms. The summed E-state index contributed by atoms with van der Waals surface area (Å²) in [6, 6.07) is 6.63. The van der Waals surface area contributed by atoms with Crippen LogP contribution < -0.4 is 0 Å². The van der Waals surface area contributed by atoms with Gasteiger partial charge < -0.3 is 0 Å². The van der Waals surface area contributed by atoms with Gasteiger partial charge in [0, 0.05) is 11.1 Å². The number of fused-ring (bicyclic) bond motifs is 2. The van der Waals surface area contributed by atoms with Gasteiger partial charge in [-0.3, -0.25) is 4.79 Å². The first kappa shape index (κ1) is 18.5. The average molecular weight is 393 g/mol. The van der Waals surface area contributed by atoms with Gasteiger partial charge in [-0.2, -0.15) is 5.10 Å². The number of ketones is 1. The molecule has 0 aliphatic rings. The smallest absolute Gasteiger partial charge is 0.167 e. The second kappa shape index (κ2) is 6.95. The van der Waals surface area contributed by atoms with Crippen LogP contribution in [0.4, 0.5) is 4.39 Å². The Balaban J connectivity index is 1.97. The lowest BCUT2D eigenvalue weighted by atomic mass is 10.1. The number of rotatable bonds is 5. The van der Waals surface area contributed by atoms with Gasteiger partial charge in [-0.25, -0.2) is 13.9 Å². The van der Waals surface area contributed by atoms with Gasteiger partial charge in [-0.1, -0.05) is 6.08 Å². The van der Waals surface area contributed by atoms with Gasteiger partial charge in [-0.05, 0) is 62.4 Å². The van der Waals surface area contributed by atoms with Crippen LogP contribution in [0, 0.1) is 26.6 Å². The van der Waals surface area contributed by atoms with Gasteiger partial charge >= 0.3 is 0 Å². The summed E-state index contributed by atoms with van der Waals surface area (Å²) in [5, 5.41) is 5.53. The summed E-state index contributed by atoms with van der Waals surface area (Å²) in [5.74, 6) is -0.221. The number of aromatic nitrogens is 3. The van der Waals surface area contributed by atoms with Gasteiger partial charge in [0.25, 0.3) is 0 Å². The second-order valence-electron chi connectivity index (χ2n) is 6.93. The molecule has 28 heavy (non-hydrogen) atoms. The predicted octanol–water partition coefficient (Wildman–Crippen LogP) is 5.82. The molecule has 0 unspecified atom stereocenters. The van der Waals surface area contributed by atoms with E-state index < -0.39 is 0 Å². The number of hydrogen-bond donors (Lipinski definition) is 0. The number of nitrogens with zero attached hydrogens (tertiary/aromatic N) is 3. The van der Waals surface area contributed by atoms with E-state index in [0.29, 0.717) is 24.1 Å². The number of aryl methyl sites for hydroxylation is 3. The van der Waals surface area contributed by atoms with E-state index in [9.17, 15) is 9.18 Å². The van der Waals surface area contributed by atoms with Crippen molar-refractivity contribution in [1.82, 2.24) is 14.6 Å². The predicted molar refractivity (Wildman–Crippen MR) is 112 cm³/mol. The van der Waals surface area contributed by atoms with Crippen LogP contribution >= 0.6 is 11.3 Å². The van der Waals surface area contributed by atoms with Crippen molar-refractivity contribution >= 4 is 32.9 Å². The summed E-state index contributed by atoms with van der Waals surface area (Å²) in [5.41, 5.74) is 4.54. The van der Waals surface area contributed by atoms with Crippen molar-refractivity contribution in [1.29, 1.82) is 0 Å². The number of hydrogen-bond acceptors (Lipinski definition) is 4. The van der Waals surface area contributed by atoms with Gasteiger partial charge in [0.15, 0.2) is 11.4 Å². The third kappa shape index (κ3) is 2.94. The highest BCUT2D eigenvalue weighted by Gasteiger charge is 2.22. The molecule has 0 saturated carbocycles. The normalized spacial score (nSPS) is 11.4. The van der Waals surface area contributed by atoms with Crippen LogP contribution in [0.15, 0.2) is 36.9 Å². The van der Waals surface area contributed by atoms with Crippen molar-refractivity contribution in [2.75, 3.05) is 0 Å². The number of allylic oxidation sites excluding steroid dienone is 1. The highest BCUT2D eigenvalue weighted by atomic mass is 32.1. The van der Waals surface area contributed by atoms with Crippen LogP contribution in [0.25, 0.3) is 26.3 Å². The van der Waals surface area contributed by atoms with Crippen LogP contribution in [0.5, 0.6) is 0 Å².